The smallest absolute Gasteiger partial charge is 0.334 e. The van der Waals surface area contributed by atoms with E-state index in [0.29, 0.717) is 39.7 Å². The van der Waals surface area contributed by atoms with Crippen LogP contribution in [0.1, 0.15) is 35.4 Å². The topological polar surface area (TPSA) is 89.5 Å². The molecule has 1 aliphatic carbocycles. The number of methoxy groups -OCH3 is 5. The molecule has 8 nitrogen and oxygen atoms in total. The van der Waals surface area contributed by atoms with Crippen LogP contribution in [0.2, 0.25) is 0 Å². The number of fused-ring (bicyclic) bond motifs is 3. The molecule has 0 N–H and O–H groups in total. The summed E-state index contributed by atoms with van der Waals surface area (Å²) in [5.74, 6) is -0.772. The van der Waals surface area contributed by atoms with Gasteiger partial charge in [0.1, 0.15) is 0 Å². The van der Waals surface area contributed by atoms with Crippen molar-refractivity contribution in [2.75, 3.05) is 42.2 Å². The third-order valence-corrected chi connectivity index (χ3v) is 6.84. The maximum Gasteiger partial charge on any atom is 0.334 e. The van der Waals surface area contributed by atoms with Crippen molar-refractivity contribution in [1.29, 1.82) is 0 Å². The summed E-state index contributed by atoms with van der Waals surface area (Å²) < 4.78 is 33.3. The molecule has 3 aromatic rings. The van der Waals surface area contributed by atoms with Crippen molar-refractivity contribution in [2.24, 2.45) is 0 Å². The molecule has 4 rings (SSSR count). The minimum absolute atomic E-state index is 0.161. The molecule has 0 aromatic heterocycles. The standard InChI is InChI=1S/C31H32O8/c1-7-39-30(32)23-13-19-14-24(34-2)25(35-3)15-20(19)21-16-26(36-4)27(37-5)17-22(21)29(23)28(31(33)38-6)18-11-9-8-10-12-18/h8-17,28-29H,7H2,1-6H3/t28-,29+/m0/s1. The summed E-state index contributed by atoms with van der Waals surface area (Å²) in [6.07, 6.45) is 1.75. The van der Waals surface area contributed by atoms with Crippen LogP contribution in [-0.4, -0.2) is 54.1 Å². The molecule has 204 valence electrons. The number of esters is 2. The van der Waals surface area contributed by atoms with Crippen LogP contribution >= 0.6 is 0 Å². The van der Waals surface area contributed by atoms with Gasteiger partial charge in [-0.15, -0.1) is 0 Å². The minimum atomic E-state index is -0.873. The lowest BCUT2D eigenvalue weighted by molar-refractivity contribution is -0.143. The predicted octanol–water partition coefficient (Wildman–Crippen LogP) is 5.39. The van der Waals surface area contributed by atoms with Gasteiger partial charge in [-0.1, -0.05) is 30.3 Å². The molecule has 3 aromatic carbocycles. The molecule has 8 heteroatoms. The lowest BCUT2D eigenvalue weighted by Gasteiger charge is -2.29. The highest BCUT2D eigenvalue weighted by Gasteiger charge is 2.41. The van der Waals surface area contributed by atoms with Crippen LogP contribution in [0.15, 0.2) is 60.2 Å². The van der Waals surface area contributed by atoms with E-state index < -0.39 is 23.8 Å². The zero-order chi connectivity index (χ0) is 28.1. The van der Waals surface area contributed by atoms with Crippen LogP contribution < -0.4 is 18.9 Å². The molecule has 0 fully saturated rings. The Hall–Kier alpha value is -4.46. The molecule has 0 heterocycles. The quantitative estimate of drug-likeness (QED) is 0.339. The third kappa shape index (κ3) is 5.14. The van der Waals surface area contributed by atoms with E-state index in [9.17, 15) is 9.59 Å². The van der Waals surface area contributed by atoms with Crippen molar-refractivity contribution in [2.45, 2.75) is 18.8 Å². The number of rotatable bonds is 9. The van der Waals surface area contributed by atoms with Crippen LogP contribution in [0.25, 0.3) is 17.2 Å². The largest absolute Gasteiger partial charge is 0.493 e. The highest BCUT2D eigenvalue weighted by molar-refractivity contribution is 6.01. The van der Waals surface area contributed by atoms with Gasteiger partial charge in [0.25, 0.3) is 0 Å². The average molecular weight is 533 g/mol. The Morgan fingerprint density at radius 1 is 0.769 bits per heavy atom. The molecule has 0 unspecified atom stereocenters. The fourth-order valence-electron chi connectivity index (χ4n) is 5.07. The molecular formula is C31H32O8. The zero-order valence-corrected chi connectivity index (χ0v) is 22.9. The summed E-state index contributed by atoms with van der Waals surface area (Å²) >= 11 is 0. The SMILES string of the molecule is CCOC(=O)C1=Cc2cc(OC)c(OC)cc2-c2cc(OC)c(OC)cc2[C@H]1[C@@H](C(=O)OC)c1ccccc1. The van der Waals surface area contributed by atoms with Crippen LogP contribution in [0.4, 0.5) is 0 Å². The molecule has 0 radical (unpaired) electrons. The summed E-state index contributed by atoms with van der Waals surface area (Å²) in [6, 6.07) is 16.5. The van der Waals surface area contributed by atoms with Crippen molar-refractivity contribution in [3.63, 3.8) is 0 Å². The first-order valence-corrected chi connectivity index (χ1v) is 12.5. The van der Waals surface area contributed by atoms with Crippen LogP contribution in [0.3, 0.4) is 0 Å². The molecule has 0 saturated heterocycles. The second-order valence-corrected chi connectivity index (χ2v) is 8.80. The molecule has 0 aliphatic heterocycles. The van der Waals surface area contributed by atoms with Crippen molar-refractivity contribution in [1.82, 2.24) is 0 Å². The Kier molecular flexibility index (Phi) is 8.44. The predicted molar refractivity (Wildman–Crippen MR) is 147 cm³/mol. The van der Waals surface area contributed by atoms with Gasteiger partial charge < -0.3 is 28.4 Å². The number of hydrogen-bond donors (Lipinski definition) is 0. The molecule has 0 bridgehead atoms. The Labute approximate surface area is 228 Å². The normalized spacial score (nSPS) is 14.5. The fourth-order valence-corrected chi connectivity index (χ4v) is 5.07. The summed E-state index contributed by atoms with van der Waals surface area (Å²) in [5.41, 5.74) is 3.81. The molecule has 0 amide bonds. The highest BCUT2D eigenvalue weighted by atomic mass is 16.5. The lowest BCUT2D eigenvalue weighted by Crippen LogP contribution is -2.27. The highest BCUT2D eigenvalue weighted by Crippen LogP contribution is 2.51. The van der Waals surface area contributed by atoms with Gasteiger partial charge in [0.2, 0.25) is 0 Å². The molecule has 0 spiro atoms. The number of ether oxygens (including phenoxy) is 6. The maximum absolute atomic E-state index is 13.6. The Morgan fingerprint density at radius 2 is 1.33 bits per heavy atom. The molecule has 39 heavy (non-hydrogen) atoms. The summed E-state index contributed by atoms with van der Waals surface area (Å²) in [6.45, 7) is 1.90. The van der Waals surface area contributed by atoms with Crippen molar-refractivity contribution < 1.29 is 38.0 Å². The molecule has 1 aliphatic rings. The molecule has 2 atom stereocenters. The first kappa shape index (κ1) is 27.6. The van der Waals surface area contributed by atoms with E-state index in [-0.39, 0.29) is 12.2 Å². The second-order valence-electron chi connectivity index (χ2n) is 8.80. The Balaban J connectivity index is 2.16. The number of benzene rings is 3. The van der Waals surface area contributed by atoms with Crippen molar-refractivity contribution >= 4 is 18.0 Å². The van der Waals surface area contributed by atoms with Crippen molar-refractivity contribution in [3.05, 3.63) is 76.9 Å². The van der Waals surface area contributed by atoms with Crippen LogP contribution in [0, 0.1) is 0 Å². The maximum atomic E-state index is 13.6. The van der Waals surface area contributed by atoms with E-state index >= 15 is 0 Å². The van der Waals surface area contributed by atoms with Gasteiger partial charge in [0.15, 0.2) is 23.0 Å². The number of carbonyl (C=O) groups is 2. The number of hydrogen-bond acceptors (Lipinski definition) is 8. The van der Waals surface area contributed by atoms with Crippen LogP contribution in [-0.2, 0) is 19.1 Å². The number of carbonyl (C=O) groups excluding carboxylic acids is 2. The first-order chi connectivity index (χ1) is 18.9. The Morgan fingerprint density at radius 3 is 1.90 bits per heavy atom. The first-order valence-electron chi connectivity index (χ1n) is 12.5. The summed E-state index contributed by atoms with van der Waals surface area (Å²) in [7, 11) is 7.53. The Bertz CT molecular complexity index is 1390. The van der Waals surface area contributed by atoms with Gasteiger partial charge in [-0.25, -0.2) is 4.79 Å². The summed E-state index contributed by atoms with van der Waals surface area (Å²) in [5, 5.41) is 0. The van der Waals surface area contributed by atoms with Gasteiger partial charge in [0.05, 0.1) is 48.1 Å². The summed E-state index contributed by atoms with van der Waals surface area (Å²) in [4.78, 5) is 27.1. The average Bonchev–Trinajstić information content (AvgIpc) is 3.10. The van der Waals surface area contributed by atoms with Gasteiger partial charge in [-0.2, -0.15) is 0 Å². The second kappa shape index (κ2) is 11.9. The van der Waals surface area contributed by atoms with E-state index in [0.717, 1.165) is 11.1 Å². The van der Waals surface area contributed by atoms with Gasteiger partial charge in [0, 0.05) is 11.5 Å². The zero-order valence-electron chi connectivity index (χ0n) is 22.9. The molecular weight excluding hydrogens is 500 g/mol. The van der Waals surface area contributed by atoms with Gasteiger partial charge in [-0.3, -0.25) is 4.79 Å². The van der Waals surface area contributed by atoms with Gasteiger partial charge in [-0.05, 0) is 65.1 Å². The van der Waals surface area contributed by atoms with E-state index in [1.807, 2.05) is 42.5 Å². The van der Waals surface area contributed by atoms with Crippen LogP contribution in [0.5, 0.6) is 23.0 Å². The van der Waals surface area contributed by atoms with Crippen molar-refractivity contribution in [3.8, 4) is 34.1 Å². The fraction of sp³-hybridized carbons (Fsp3) is 0.290. The monoisotopic (exact) mass is 532 g/mol. The van der Waals surface area contributed by atoms with E-state index in [1.165, 1.54) is 14.2 Å². The van der Waals surface area contributed by atoms with E-state index in [2.05, 4.69) is 0 Å². The van der Waals surface area contributed by atoms with E-state index in [4.69, 9.17) is 28.4 Å². The molecule has 0 saturated carbocycles. The lowest BCUT2D eigenvalue weighted by atomic mass is 9.75. The minimum Gasteiger partial charge on any atom is -0.493 e. The third-order valence-electron chi connectivity index (χ3n) is 6.84. The van der Waals surface area contributed by atoms with E-state index in [1.54, 1.807) is 46.5 Å². The van der Waals surface area contributed by atoms with Gasteiger partial charge >= 0.3 is 11.9 Å².